The quantitative estimate of drug-likeness (QED) is 0.437. The average Bonchev–Trinajstić information content (AvgIpc) is 3.18. The molecule has 0 spiro atoms. The fourth-order valence-electron chi connectivity index (χ4n) is 3.68. The highest BCUT2D eigenvalue weighted by Crippen LogP contribution is 2.26. The van der Waals surface area contributed by atoms with E-state index in [1.165, 1.54) is 5.56 Å². The van der Waals surface area contributed by atoms with Crippen molar-refractivity contribution in [3.05, 3.63) is 64.8 Å². The standard InChI is InChI=1S/C27H33ClN4O2/c1-17(2)14-31(26(34)18(3)4)16-25(33)30-27-29-24(21-8-10-22(28)11-9-21)15-32(27)23-12-7-19(5)20(6)13-23/h7-13,15,17-18H,14,16H2,1-6H3,(H,29,30,33). The SMILES string of the molecule is Cc1ccc(-n2cc(-c3ccc(Cl)cc3)nc2NC(=O)CN(CC(C)C)C(=O)C(C)C)cc1C. The highest BCUT2D eigenvalue weighted by molar-refractivity contribution is 6.30. The molecule has 6 nitrogen and oxygen atoms in total. The van der Waals surface area contributed by atoms with E-state index in [9.17, 15) is 9.59 Å². The second-order valence-corrected chi connectivity index (χ2v) is 9.85. The molecule has 0 aliphatic carbocycles. The van der Waals surface area contributed by atoms with Gasteiger partial charge < -0.3 is 4.90 Å². The van der Waals surface area contributed by atoms with E-state index in [4.69, 9.17) is 16.6 Å². The number of aryl methyl sites for hydroxylation is 2. The van der Waals surface area contributed by atoms with E-state index < -0.39 is 0 Å². The first kappa shape index (κ1) is 25.5. The van der Waals surface area contributed by atoms with Gasteiger partial charge in [0.2, 0.25) is 17.8 Å². The summed E-state index contributed by atoms with van der Waals surface area (Å²) in [5, 5.41) is 3.58. The first-order valence-electron chi connectivity index (χ1n) is 11.6. The zero-order valence-corrected chi connectivity index (χ0v) is 21.5. The van der Waals surface area contributed by atoms with E-state index in [1.807, 2.05) is 74.9 Å². The van der Waals surface area contributed by atoms with Gasteiger partial charge in [-0.1, -0.05) is 57.5 Å². The summed E-state index contributed by atoms with van der Waals surface area (Å²) >= 11 is 6.05. The van der Waals surface area contributed by atoms with E-state index in [2.05, 4.69) is 25.2 Å². The van der Waals surface area contributed by atoms with Crippen LogP contribution >= 0.6 is 11.6 Å². The number of aromatic nitrogens is 2. The van der Waals surface area contributed by atoms with Crippen molar-refractivity contribution in [3.63, 3.8) is 0 Å². The number of hydrogen-bond acceptors (Lipinski definition) is 3. The van der Waals surface area contributed by atoms with Gasteiger partial charge in [-0.2, -0.15) is 0 Å². The second kappa shape index (κ2) is 10.9. The molecule has 1 aromatic heterocycles. The van der Waals surface area contributed by atoms with Crippen molar-refractivity contribution in [3.8, 4) is 16.9 Å². The van der Waals surface area contributed by atoms with Crippen molar-refractivity contribution in [2.75, 3.05) is 18.4 Å². The maximum Gasteiger partial charge on any atom is 0.246 e. The van der Waals surface area contributed by atoms with Gasteiger partial charge in [-0.25, -0.2) is 4.98 Å². The number of nitrogens with zero attached hydrogens (tertiary/aromatic N) is 3. The lowest BCUT2D eigenvalue weighted by Crippen LogP contribution is -2.42. The van der Waals surface area contributed by atoms with Crippen molar-refractivity contribution in [1.82, 2.24) is 14.5 Å². The van der Waals surface area contributed by atoms with Crippen LogP contribution in [0.25, 0.3) is 16.9 Å². The molecule has 2 amide bonds. The van der Waals surface area contributed by atoms with Gasteiger partial charge in [0.1, 0.15) is 0 Å². The maximum atomic E-state index is 13.1. The Bertz CT molecular complexity index is 1170. The molecule has 34 heavy (non-hydrogen) atoms. The zero-order chi connectivity index (χ0) is 25.0. The van der Waals surface area contributed by atoms with Crippen molar-refractivity contribution in [2.45, 2.75) is 41.5 Å². The highest BCUT2D eigenvalue weighted by atomic mass is 35.5. The van der Waals surface area contributed by atoms with Gasteiger partial charge in [0.25, 0.3) is 0 Å². The van der Waals surface area contributed by atoms with Gasteiger partial charge in [-0.05, 0) is 55.2 Å². The summed E-state index contributed by atoms with van der Waals surface area (Å²) < 4.78 is 1.87. The number of benzene rings is 2. The third kappa shape index (κ3) is 6.26. The van der Waals surface area contributed by atoms with E-state index in [0.717, 1.165) is 16.8 Å². The van der Waals surface area contributed by atoms with Gasteiger partial charge in [0, 0.05) is 34.9 Å². The van der Waals surface area contributed by atoms with Gasteiger partial charge in [-0.3, -0.25) is 19.5 Å². The Morgan fingerprint density at radius 2 is 1.71 bits per heavy atom. The van der Waals surface area contributed by atoms with Crippen molar-refractivity contribution in [1.29, 1.82) is 0 Å². The number of carbonyl (C=O) groups is 2. The second-order valence-electron chi connectivity index (χ2n) is 9.41. The van der Waals surface area contributed by atoms with E-state index in [-0.39, 0.29) is 30.2 Å². The molecular weight excluding hydrogens is 448 g/mol. The molecule has 0 aliphatic rings. The van der Waals surface area contributed by atoms with Crippen LogP contribution < -0.4 is 5.32 Å². The summed E-state index contributed by atoms with van der Waals surface area (Å²) in [5.74, 6) is 0.154. The molecule has 180 valence electrons. The van der Waals surface area contributed by atoms with E-state index in [0.29, 0.717) is 23.2 Å². The largest absolute Gasteiger partial charge is 0.333 e. The van der Waals surface area contributed by atoms with Crippen molar-refractivity contribution < 1.29 is 9.59 Å². The van der Waals surface area contributed by atoms with Crippen LogP contribution in [-0.4, -0.2) is 39.4 Å². The Balaban J connectivity index is 1.94. The molecule has 0 radical (unpaired) electrons. The molecule has 2 aromatic carbocycles. The summed E-state index contributed by atoms with van der Waals surface area (Å²) in [6.07, 6.45) is 1.90. The molecule has 0 fully saturated rings. The Kier molecular flexibility index (Phi) is 8.15. The topological polar surface area (TPSA) is 67.2 Å². The number of nitrogens with one attached hydrogen (secondary N) is 1. The van der Waals surface area contributed by atoms with Crippen LogP contribution in [-0.2, 0) is 9.59 Å². The number of imidazole rings is 1. The Morgan fingerprint density at radius 1 is 1.03 bits per heavy atom. The Labute approximate surface area is 206 Å². The van der Waals surface area contributed by atoms with Gasteiger partial charge >= 0.3 is 0 Å². The molecule has 1 N–H and O–H groups in total. The highest BCUT2D eigenvalue weighted by Gasteiger charge is 2.22. The summed E-state index contributed by atoms with van der Waals surface area (Å²) in [6.45, 7) is 12.4. The number of carbonyl (C=O) groups excluding carboxylic acids is 2. The number of hydrogen-bond donors (Lipinski definition) is 1. The molecular formula is C27H33ClN4O2. The minimum absolute atomic E-state index is 0.0226. The van der Waals surface area contributed by atoms with Crippen LogP contribution in [0.5, 0.6) is 0 Å². The van der Waals surface area contributed by atoms with Crippen LogP contribution in [0.3, 0.4) is 0 Å². The number of halogens is 1. The van der Waals surface area contributed by atoms with Crippen molar-refractivity contribution >= 4 is 29.4 Å². The van der Waals surface area contributed by atoms with Gasteiger partial charge in [0.15, 0.2) is 0 Å². The lowest BCUT2D eigenvalue weighted by Gasteiger charge is -2.25. The zero-order valence-electron chi connectivity index (χ0n) is 20.7. The van der Waals surface area contributed by atoms with Crippen molar-refractivity contribution in [2.24, 2.45) is 11.8 Å². The molecule has 3 rings (SSSR count). The lowest BCUT2D eigenvalue weighted by atomic mass is 10.1. The maximum absolute atomic E-state index is 13.1. The average molecular weight is 481 g/mol. The number of amides is 2. The molecule has 0 aliphatic heterocycles. The predicted octanol–water partition coefficient (Wildman–Crippen LogP) is 5.89. The summed E-state index contributed by atoms with van der Waals surface area (Å²) in [7, 11) is 0. The van der Waals surface area contributed by atoms with E-state index >= 15 is 0 Å². The third-order valence-corrected chi connectivity index (χ3v) is 5.84. The predicted molar refractivity (Wildman–Crippen MR) is 138 cm³/mol. The van der Waals surface area contributed by atoms with Crippen LogP contribution in [0.4, 0.5) is 5.95 Å². The van der Waals surface area contributed by atoms with E-state index in [1.54, 1.807) is 4.90 Å². The van der Waals surface area contributed by atoms with Gasteiger partial charge in [0.05, 0.1) is 12.2 Å². The Morgan fingerprint density at radius 3 is 2.29 bits per heavy atom. The third-order valence-electron chi connectivity index (χ3n) is 5.59. The summed E-state index contributed by atoms with van der Waals surface area (Å²) in [5.41, 5.74) is 4.82. The fraction of sp³-hybridized carbons (Fsp3) is 0.370. The first-order valence-corrected chi connectivity index (χ1v) is 11.9. The molecule has 3 aromatic rings. The molecule has 0 unspecified atom stereocenters. The molecule has 0 bridgehead atoms. The smallest absolute Gasteiger partial charge is 0.246 e. The summed E-state index contributed by atoms with van der Waals surface area (Å²) in [4.78, 5) is 32.0. The molecule has 7 heteroatoms. The van der Waals surface area contributed by atoms with Gasteiger partial charge in [-0.15, -0.1) is 0 Å². The first-order chi connectivity index (χ1) is 16.0. The van der Waals surface area contributed by atoms with Crippen LogP contribution in [0, 0.1) is 25.7 Å². The molecule has 0 saturated carbocycles. The van der Waals surface area contributed by atoms with Crippen LogP contribution in [0.15, 0.2) is 48.7 Å². The number of anilines is 1. The fourth-order valence-corrected chi connectivity index (χ4v) is 3.80. The van der Waals surface area contributed by atoms with Crippen LogP contribution in [0.1, 0.15) is 38.8 Å². The summed E-state index contributed by atoms with van der Waals surface area (Å²) in [6, 6.07) is 13.5. The molecule has 0 atom stereocenters. The lowest BCUT2D eigenvalue weighted by molar-refractivity contribution is -0.138. The molecule has 0 saturated heterocycles. The monoisotopic (exact) mass is 480 g/mol. The normalized spacial score (nSPS) is 11.2. The minimum atomic E-state index is -0.284. The molecule has 1 heterocycles. The Hall–Kier alpha value is -3.12. The van der Waals surface area contributed by atoms with Crippen LogP contribution in [0.2, 0.25) is 5.02 Å². The number of rotatable bonds is 8. The minimum Gasteiger partial charge on any atom is -0.333 e.